The van der Waals surface area contributed by atoms with Gasteiger partial charge in [0.2, 0.25) is 10.7 Å². The first-order chi connectivity index (χ1) is 13.3. The van der Waals surface area contributed by atoms with Crippen molar-refractivity contribution in [2.45, 2.75) is 20.5 Å². The molecule has 0 saturated carbocycles. The van der Waals surface area contributed by atoms with Crippen LogP contribution in [0.15, 0.2) is 48.8 Å². The van der Waals surface area contributed by atoms with Crippen LogP contribution in [-0.4, -0.2) is 38.7 Å². The highest BCUT2D eigenvalue weighted by molar-refractivity contribution is 7.71. The van der Waals surface area contributed by atoms with E-state index in [4.69, 9.17) is 23.8 Å². The van der Waals surface area contributed by atoms with Crippen molar-refractivity contribution in [3.05, 3.63) is 69.7 Å². The topological polar surface area (TPSA) is 55.1 Å². The van der Waals surface area contributed by atoms with E-state index in [0.717, 1.165) is 16.8 Å². The van der Waals surface area contributed by atoms with Crippen molar-refractivity contribution in [3.8, 4) is 5.69 Å². The molecular weight excluding hydrogens is 394 g/mol. The van der Waals surface area contributed by atoms with Crippen molar-refractivity contribution in [2.75, 3.05) is 18.9 Å². The lowest BCUT2D eigenvalue weighted by atomic mass is 10.1. The van der Waals surface area contributed by atoms with E-state index in [1.165, 1.54) is 0 Å². The van der Waals surface area contributed by atoms with Crippen molar-refractivity contribution in [2.24, 2.45) is 0 Å². The molecule has 8 heteroatoms. The minimum absolute atomic E-state index is 0.156. The van der Waals surface area contributed by atoms with Gasteiger partial charge >= 0.3 is 0 Å². The van der Waals surface area contributed by atoms with Gasteiger partial charge in [-0.1, -0.05) is 35.9 Å². The molecule has 0 radical (unpaired) electrons. The van der Waals surface area contributed by atoms with Crippen LogP contribution in [-0.2, 0) is 11.5 Å². The van der Waals surface area contributed by atoms with Gasteiger partial charge in [-0.25, -0.2) is 4.68 Å². The maximum absolute atomic E-state index is 12.3. The number of nitrogens with zero attached hydrogens (tertiary/aromatic N) is 4. The summed E-state index contributed by atoms with van der Waals surface area (Å²) in [5, 5.41) is 7.71. The molecule has 0 spiro atoms. The van der Waals surface area contributed by atoms with E-state index in [1.54, 1.807) is 23.1 Å². The number of likely N-dealkylation sites (N-methyl/N-ethyl adjacent to an activating group) is 1. The highest BCUT2D eigenvalue weighted by Crippen LogP contribution is 2.20. The number of aryl methyl sites for hydroxylation is 2. The van der Waals surface area contributed by atoms with Gasteiger partial charge in [0.25, 0.3) is 0 Å². The number of para-hydroxylation sites is 1. The number of carbonyl (C=O) groups is 1. The van der Waals surface area contributed by atoms with E-state index in [9.17, 15) is 4.79 Å². The smallest absolute Gasteiger partial charge is 0.238 e. The van der Waals surface area contributed by atoms with Crippen LogP contribution in [0.25, 0.3) is 5.69 Å². The molecular formula is C20H22ClN5OS. The first kappa shape index (κ1) is 20.3. The minimum Gasteiger partial charge on any atom is -0.324 e. The summed E-state index contributed by atoms with van der Waals surface area (Å²) < 4.78 is 4.15. The fourth-order valence-corrected chi connectivity index (χ4v) is 3.29. The van der Waals surface area contributed by atoms with Gasteiger partial charge in [-0.3, -0.25) is 14.3 Å². The zero-order valence-electron chi connectivity index (χ0n) is 16.0. The Balaban J connectivity index is 1.68. The first-order valence-electron chi connectivity index (χ1n) is 8.80. The molecule has 0 aliphatic heterocycles. The largest absolute Gasteiger partial charge is 0.324 e. The van der Waals surface area contributed by atoms with Crippen LogP contribution in [0.5, 0.6) is 0 Å². The molecule has 0 fully saturated rings. The second-order valence-electron chi connectivity index (χ2n) is 6.76. The predicted molar refractivity (Wildman–Crippen MR) is 115 cm³/mol. The van der Waals surface area contributed by atoms with Crippen LogP contribution in [0.2, 0.25) is 5.02 Å². The van der Waals surface area contributed by atoms with Crippen molar-refractivity contribution in [1.29, 1.82) is 0 Å². The summed E-state index contributed by atoms with van der Waals surface area (Å²) in [5.41, 5.74) is 3.88. The maximum Gasteiger partial charge on any atom is 0.238 e. The first-order valence-corrected chi connectivity index (χ1v) is 9.59. The number of hydrogen-bond donors (Lipinski definition) is 1. The van der Waals surface area contributed by atoms with Crippen molar-refractivity contribution in [1.82, 2.24) is 19.2 Å². The predicted octanol–water partition coefficient (Wildman–Crippen LogP) is 4.20. The average molecular weight is 416 g/mol. The van der Waals surface area contributed by atoms with Gasteiger partial charge in [0.1, 0.15) is 6.33 Å². The molecule has 6 nitrogen and oxygen atoms in total. The zero-order chi connectivity index (χ0) is 20.3. The standard InChI is InChI=1S/C20H22ClN5OS/c1-14-8-9-15(2)18(10-14)25-12-22-26(20(25)28)13-24(3)11-19(27)23-17-7-5-4-6-16(17)21/h4-10,12H,11,13H2,1-3H3,(H,23,27). The van der Waals surface area contributed by atoms with Gasteiger partial charge in [-0.2, -0.15) is 5.10 Å². The van der Waals surface area contributed by atoms with Crippen molar-refractivity contribution in [3.63, 3.8) is 0 Å². The fourth-order valence-electron chi connectivity index (χ4n) is 2.85. The Bertz CT molecular complexity index is 1060. The Kier molecular flexibility index (Phi) is 6.28. The lowest BCUT2D eigenvalue weighted by Gasteiger charge is -2.16. The van der Waals surface area contributed by atoms with Crippen molar-refractivity contribution < 1.29 is 4.79 Å². The number of rotatable bonds is 6. The third kappa shape index (κ3) is 4.67. The van der Waals surface area contributed by atoms with Gasteiger partial charge in [0, 0.05) is 0 Å². The van der Waals surface area contributed by atoms with Gasteiger partial charge in [0.15, 0.2) is 0 Å². The second-order valence-corrected chi connectivity index (χ2v) is 7.53. The molecule has 1 amide bonds. The Morgan fingerprint density at radius 2 is 2.00 bits per heavy atom. The summed E-state index contributed by atoms with van der Waals surface area (Å²) >= 11 is 11.7. The molecule has 0 unspecified atom stereocenters. The number of benzene rings is 2. The highest BCUT2D eigenvalue weighted by Gasteiger charge is 2.12. The van der Waals surface area contributed by atoms with Crippen LogP contribution < -0.4 is 5.32 Å². The summed E-state index contributed by atoms with van der Waals surface area (Å²) in [4.78, 5) is 14.1. The molecule has 0 saturated heterocycles. The molecule has 0 atom stereocenters. The quantitative estimate of drug-likeness (QED) is 0.613. The molecule has 1 heterocycles. The number of aromatic nitrogens is 3. The van der Waals surface area contributed by atoms with Crippen molar-refractivity contribution >= 4 is 35.4 Å². The van der Waals surface area contributed by atoms with Gasteiger partial charge in [-0.05, 0) is 62.4 Å². The molecule has 1 aromatic heterocycles. The number of carbonyl (C=O) groups excluding carboxylic acids is 1. The molecule has 3 rings (SSSR count). The second kappa shape index (κ2) is 8.68. The van der Waals surface area contributed by atoms with E-state index >= 15 is 0 Å². The van der Waals surface area contributed by atoms with Gasteiger partial charge < -0.3 is 5.32 Å². The Labute approximate surface area is 174 Å². The fraction of sp³-hybridized carbons (Fsp3) is 0.250. The summed E-state index contributed by atoms with van der Waals surface area (Å²) in [6.07, 6.45) is 1.71. The Hall–Kier alpha value is -2.48. The van der Waals surface area contributed by atoms with Crippen LogP contribution in [0.4, 0.5) is 5.69 Å². The lowest BCUT2D eigenvalue weighted by Crippen LogP contribution is -2.32. The molecule has 2 aromatic carbocycles. The normalized spacial score (nSPS) is 11.0. The number of amides is 1. The van der Waals surface area contributed by atoms with E-state index in [2.05, 4.69) is 28.6 Å². The van der Waals surface area contributed by atoms with E-state index in [0.29, 0.717) is 22.1 Å². The van der Waals surface area contributed by atoms with Crippen LogP contribution >= 0.6 is 23.8 Å². The average Bonchev–Trinajstić information content (AvgIpc) is 2.99. The third-order valence-electron chi connectivity index (χ3n) is 4.29. The van der Waals surface area contributed by atoms with E-state index in [1.807, 2.05) is 42.5 Å². The zero-order valence-corrected chi connectivity index (χ0v) is 17.6. The van der Waals surface area contributed by atoms with Gasteiger partial charge in [-0.15, -0.1) is 0 Å². The summed E-state index contributed by atoms with van der Waals surface area (Å²) in [6, 6.07) is 13.4. The molecule has 3 aromatic rings. The lowest BCUT2D eigenvalue weighted by molar-refractivity contribution is -0.117. The maximum atomic E-state index is 12.3. The molecule has 0 aliphatic carbocycles. The number of hydrogen-bond acceptors (Lipinski definition) is 4. The highest BCUT2D eigenvalue weighted by atomic mass is 35.5. The molecule has 0 bridgehead atoms. The molecule has 0 aliphatic rings. The Morgan fingerprint density at radius 3 is 2.75 bits per heavy atom. The number of nitrogens with one attached hydrogen (secondary N) is 1. The SMILES string of the molecule is Cc1ccc(C)c(-n2cnn(CN(C)CC(=O)Nc3ccccc3Cl)c2=S)c1. The van der Waals surface area contributed by atoms with Crippen LogP contribution in [0.1, 0.15) is 11.1 Å². The summed E-state index contributed by atoms with van der Waals surface area (Å²) in [7, 11) is 1.84. The molecule has 28 heavy (non-hydrogen) atoms. The number of anilines is 1. The summed E-state index contributed by atoms with van der Waals surface area (Å²) in [5.74, 6) is -0.156. The summed E-state index contributed by atoms with van der Waals surface area (Å²) in [6.45, 7) is 4.66. The third-order valence-corrected chi connectivity index (χ3v) is 5.03. The molecule has 146 valence electrons. The molecule has 1 N–H and O–H groups in total. The minimum atomic E-state index is -0.156. The number of halogens is 1. The Morgan fingerprint density at radius 1 is 1.25 bits per heavy atom. The monoisotopic (exact) mass is 415 g/mol. The van der Waals surface area contributed by atoms with Crippen LogP contribution in [0, 0.1) is 18.6 Å². The van der Waals surface area contributed by atoms with E-state index < -0.39 is 0 Å². The van der Waals surface area contributed by atoms with E-state index in [-0.39, 0.29) is 12.5 Å². The van der Waals surface area contributed by atoms with Gasteiger partial charge in [0.05, 0.1) is 29.6 Å². The van der Waals surface area contributed by atoms with Crippen LogP contribution in [0.3, 0.4) is 0 Å².